The molecule has 0 fully saturated rings. The molecule has 0 aromatic heterocycles. The lowest BCUT2D eigenvalue weighted by Gasteiger charge is -2.31. The van der Waals surface area contributed by atoms with Crippen LogP contribution in [-0.2, 0) is 16.4 Å². The van der Waals surface area contributed by atoms with Gasteiger partial charge in [-0.1, -0.05) is 28.1 Å². The highest BCUT2D eigenvalue weighted by Crippen LogP contribution is 2.29. The fourth-order valence-electron chi connectivity index (χ4n) is 2.89. The van der Waals surface area contributed by atoms with Gasteiger partial charge in [0.25, 0.3) is 0 Å². The van der Waals surface area contributed by atoms with Gasteiger partial charge in [-0.3, -0.25) is 0 Å². The van der Waals surface area contributed by atoms with Crippen LogP contribution in [0.3, 0.4) is 0 Å². The number of halogens is 2. The van der Waals surface area contributed by atoms with Crippen molar-refractivity contribution in [2.45, 2.75) is 26.4 Å². The van der Waals surface area contributed by atoms with Crippen LogP contribution in [0.1, 0.15) is 16.7 Å². The topological polar surface area (TPSA) is 37.4 Å². The van der Waals surface area contributed by atoms with Crippen LogP contribution in [0.15, 0.2) is 52.4 Å². The second-order valence-corrected chi connectivity index (χ2v) is 9.14. The van der Waals surface area contributed by atoms with Gasteiger partial charge in [0, 0.05) is 22.1 Å². The fraction of sp³-hybridized carbons (Fsp3) is 0.263. The molecule has 0 bridgehead atoms. The Labute approximate surface area is 156 Å². The Morgan fingerprint density at radius 2 is 1.92 bits per heavy atom. The van der Waals surface area contributed by atoms with E-state index in [1.54, 1.807) is 12.1 Å². The molecule has 2 aromatic rings. The molecule has 1 unspecified atom stereocenters. The zero-order valence-corrected chi connectivity index (χ0v) is 16.4. The van der Waals surface area contributed by atoms with Gasteiger partial charge < -0.3 is 4.90 Å². The molecule has 3 nitrogen and oxygen atoms in total. The summed E-state index contributed by atoms with van der Waals surface area (Å²) in [5, 5.41) is 1.28. The third-order valence-corrected chi connectivity index (χ3v) is 6.61. The number of sulfone groups is 1. The van der Waals surface area contributed by atoms with Crippen LogP contribution in [0, 0.1) is 19.7 Å². The van der Waals surface area contributed by atoms with Crippen LogP contribution in [0.25, 0.3) is 0 Å². The summed E-state index contributed by atoms with van der Waals surface area (Å²) in [6, 6.07) is 10.4. The highest BCUT2D eigenvalue weighted by atomic mass is 79.9. The molecule has 1 aliphatic rings. The molecule has 1 heterocycles. The van der Waals surface area contributed by atoms with Gasteiger partial charge in [0.15, 0.2) is 9.84 Å². The molecule has 0 saturated heterocycles. The summed E-state index contributed by atoms with van der Waals surface area (Å²) >= 11 is 3.40. The first-order chi connectivity index (χ1) is 11.7. The minimum Gasteiger partial charge on any atom is -0.360 e. The highest BCUT2D eigenvalue weighted by molar-refractivity contribution is 9.10. The summed E-state index contributed by atoms with van der Waals surface area (Å²) in [4.78, 5) is 2.05. The maximum atomic E-state index is 13.4. The van der Waals surface area contributed by atoms with E-state index in [1.165, 1.54) is 23.1 Å². The molecular formula is C19H19BrFNO2S. The normalized spacial score (nSPS) is 18.5. The lowest BCUT2D eigenvalue weighted by molar-refractivity contribution is 0.601. The average Bonchev–Trinajstić information content (AvgIpc) is 2.89. The van der Waals surface area contributed by atoms with Gasteiger partial charge in [0.2, 0.25) is 0 Å². The maximum absolute atomic E-state index is 13.4. The molecule has 1 atom stereocenters. The smallest absolute Gasteiger partial charge is 0.173 e. The lowest BCUT2D eigenvalue weighted by atomic mass is 10.1. The summed E-state index contributed by atoms with van der Waals surface area (Å²) in [6.45, 7) is 4.56. The Hall–Kier alpha value is -1.66. The molecular weight excluding hydrogens is 405 g/mol. The molecule has 0 spiro atoms. The number of hydrogen-bond acceptors (Lipinski definition) is 3. The van der Waals surface area contributed by atoms with Crippen molar-refractivity contribution < 1.29 is 12.8 Å². The Balaban J connectivity index is 1.99. The van der Waals surface area contributed by atoms with Gasteiger partial charge in [0.05, 0.1) is 11.8 Å². The third kappa shape index (κ3) is 4.12. The highest BCUT2D eigenvalue weighted by Gasteiger charge is 2.28. The van der Waals surface area contributed by atoms with Crippen molar-refractivity contribution in [3.63, 3.8) is 0 Å². The summed E-state index contributed by atoms with van der Waals surface area (Å²) in [5.41, 5.74) is 4.18. The van der Waals surface area contributed by atoms with Gasteiger partial charge >= 0.3 is 0 Å². The first-order valence-corrected chi connectivity index (χ1v) is 10.4. The van der Waals surface area contributed by atoms with Crippen molar-refractivity contribution >= 4 is 31.5 Å². The lowest BCUT2D eigenvalue weighted by Crippen LogP contribution is -2.35. The molecule has 0 N–H and O–H groups in total. The van der Waals surface area contributed by atoms with E-state index in [2.05, 4.69) is 22.0 Å². The van der Waals surface area contributed by atoms with Crippen molar-refractivity contribution in [1.29, 1.82) is 0 Å². The van der Waals surface area contributed by atoms with E-state index >= 15 is 0 Å². The summed E-state index contributed by atoms with van der Waals surface area (Å²) in [7, 11) is -3.17. The number of benzene rings is 2. The standard InChI is InChI=1S/C19H19BrFNO2S/c1-13-3-6-17(9-14(13)2)22(18-7-8-25(23,24)12-18)11-15-4-5-16(21)10-19(15)20/h3-10,18H,11-12H2,1-2H3. The van der Waals surface area contributed by atoms with Crippen LogP contribution in [0.2, 0.25) is 0 Å². The van der Waals surface area contributed by atoms with Crippen LogP contribution in [0.4, 0.5) is 10.1 Å². The van der Waals surface area contributed by atoms with E-state index in [1.807, 2.05) is 30.9 Å². The molecule has 0 amide bonds. The van der Waals surface area contributed by atoms with E-state index in [4.69, 9.17) is 0 Å². The molecule has 3 rings (SSSR count). The molecule has 0 radical (unpaired) electrons. The van der Waals surface area contributed by atoms with E-state index in [0.29, 0.717) is 11.0 Å². The van der Waals surface area contributed by atoms with Crippen LogP contribution in [0.5, 0.6) is 0 Å². The van der Waals surface area contributed by atoms with Gasteiger partial charge in [-0.25, -0.2) is 12.8 Å². The van der Waals surface area contributed by atoms with E-state index in [0.717, 1.165) is 16.8 Å². The Bertz CT molecular complexity index is 940. The second kappa shape index (κ2) is 6.92. The Morgan fingerprint density at radius 3 is 2.52 bits per heavy atom. The Kier molecular flexibility index (Phi) is 5.02. The molecule has 2 aromatic carbocycles. The van der Waals surface area contributed by atoms with Crippen molar-refractivity contribution in [2.75, 3.05) is 10.7 Å². The van der Waals surface area contributed by atoms with Crippen molar-refractivity contribution in [2.24, 2.45) is 0 Å². The van der Waals surface area contributed by atoms with Gasteiger partial charge in [0.1, 0.15) is 5.82 Å². The molecule has 0 saturated carbocycles. The summed E-state index contributed by atoms with van der Waals surface area (Å²) in [6.07, 6.45) is 1.72. The molecule has 0 aliphatic carbocycles. The van der Waals surface area contributed by atoms with Crippen LogP contribution in [-0.4, -0.2) is 20.2 Å². The number of aryl methyl sites for hydroxylation is 2. The maximum Gasteiger partial charge on any atom is 0.173 e. The predicted molar refractivity (Wildman–Crippen MR) is 103 cm³/mol. The number of hydrogen-bond donors (Lipinski definition) is 0. The quantitative estimate of drug-likeness (QED) is 0.724. The van der Waals surface area contributed by atoms with Gasteiger partial charge in [-0.05, 0) is 60.9 Å². The first-order valence-electron chi connectivity index (χ1n) is 7.94. The largest absolute Gasteiger partial charge is 0.360 e. The molecule has 25 heavy (non-hydrogen) atoms. The van der Waals surface area contributed by atoms with Crippen molar-refractivity contribution in [1.82, 2.24) is 0 Å². The van der Waals surface area contributed by atoms with Crippen molar-refractivity contribution in [3.8, 4) is 0 Å². The summed E-state index contributed by atoms with van der Waals surface area (Å²) in [5.74, 6) is -0.254. The predicted octanol–water partition coefficient (Wildman–Crippen LogP) is 4.52. The van der Waals surface area contributed by atoms with Gasteiger partial charge in [-0.2, -0.15) is 0 Å². The average molecular weight is 424 g/mol. The van der Waals surface area contributed by atoms with Crippen LogP contribution < -0.4 is 4.90 Å². The monoisotopic (exact) mass is 423 g/mol. The fourth-order valence-corrected chi connectivity index (χ4v) is 4.67. The van der Waals surface area contributed by atoms with E-state index in [-0.39, 0.29) is 17.6 Å². The van der Waals surface area contributed by atoms with E-state index in [9.17, 15) is 12.8 Å². The summed E-state index contributed by atoms with van der Waals surface area (Å²) < 4.78 is 37.8. The van der Waals surface area contributed by atoms with Crippen molar-refractivity contribution in [3.05, 3.63) is 74.9 Å². The second-order valence-electron chi connectivity index (χ2n) is 6.36. The van der Waals surface area contributed by atoms with E-state index < -0.39 is 9.84 Å². The Morgan fingerprint density at radius 1 is 1.16 bits per heavy atom. The number of nitrogens with zero attached hydrogens (tertiary/aromatic N) is 1. The minimum absolute atomic E-state index is 0.0543. The number of anilines is 1. The third-order valence-electron chi connectivity index (χ3n) is 4.49. The van der Waals surface area contributed by atoms with Gasteiger partial charge in [-0.15, -0.1) is 0 Å². The number of rotatable bonds is 4. The molecule has 1 aliphatic heterocycles. The molecule has 132 valence electrons. The molecule has 6 heteroatoms. The zero-order valence-electron chi connectivity index (χ0n) is 14.0. The minimum atomic E-state index is -3.17. The van der Waals surface area contributed by atoms with Crippen LogP contribution >= 0.6 is 15.9 Å². The zero-order chi connectivity index (χ0) is 18.2. The first kappa shape index (κ1) is 18.1. The SMILES string of the molecule is Cc1ccc(N(Cc2ccc(F)cc2Br)C2C=CS(=O)(=O)C2)cc1C.